The van der Waals surface area contributed by atoms with Crippen LogP contribution in [0.5, 0.6) is 0 Å². The van der Waals surface area contributed by atoms with Crippen molar-refractivity contribution in [2.45, 2.75) is 212 Å². The largest absolute Gasteiger partial charge is 0.469 e. The third-order valence-corrected chi connectivity index (χ3v) is 9.23. The fraction of sp³-hybridized carbons (Fsp3) is 0.919. The Balaban J connectivity index is 3.99. The van der Waals surface area contributed by atoms with Crippen LogP contribution in [0.3, 0.4) is 0 Å². The molecular formula is C37H74NO6P. The van der Waals surface area contributed by atoms with Crippen molar-refractivity contribution in [2.24, 2.45) is 0 Å². The van der Waals surface area contributed by atoms with Crippen molar-refractivity contribution in [3.63, 3.8) is 0 Å². The molecule has 0 bridgehead atoms. The maximum Gasteiger partial charge on any atom is 0.469 e. The highest BCUT2D eigenvalue weighted by molar-refractivity contribution is 7.46. The molecule has 0 aliphatic carbocycles. The molecule has 2 atom stereocenters. The molecular weight excluding hydrogens is 585 g/mol. The van der Waals surface area contributed by atoms with E-state index in [4.69, 9.17) is 9.79 Å². The van der Waals surface area contributed by atoms with Gasteiger partial charge in [-0.3, -0.25) is 9.32 Å². The number of hydrogen-bond acceptors (Lipinski definition) is 4. The molecule has 0 unspecified atom stereocenters. The Hall–Kier alpha value is -0.720. The fourth-order valence-electron chi connectivity index (χ4n) is 5.81. The van der Waals surface area contributed by atoms with Gasteiger partial charge in [0.15, 0.2) is 0 Å². The highest BCUT2D eigenvalue weighted by atomic mass is 31.2. The Morgan fingerprint density at radius 3 is 1.36 bits per heavy atom. The monoisotopic (exact) mass is 660 g/mol. The van der Waals surface area contributed by atoms with E-state index in [0.29, 0.717) is 6.42 Å². The van der Waals surface area contributed by atoms with E-state index in [0.717, 1.165) is 38.5 Å². The molecule has 0 aromatic heterocycles. The Labute approximate surface area is 278 Å². The second-order valence-electron chi connectivity index (χ2n) is 13.3. The molecule has 0 saturated heterocycles. The summed E-state index contributed by atoms with van der Waals surface area (Å²) in [5, 5.41) is 13.3. The number of aliphatic hydroxyl groups is 1. The molecule has 0 spiro atoms. The van der Waals surface area contributed by atoms with Gasteiger partial charge in [-0.25, -0.2) is 4.57 Å². The molecule has 0 aliphatic rings. The summed E-state index contributed by atoms with van der Waals surface area (Å²) in [6.07, 6.45) is 38.0. The molecule has 0 radical (unpaired) electrons. The second kappa shape index (κ2) is 33.2. The van der Waals surface area contributed by atoms with Crippen molar-refractivity contribution in [3.8, 4) is 0 Å². The third kappa shape index (κ3) is 34.4. The second-order valence-corrected chi connectivity index (χ2v) is 14.5. The minimum absolute atomic E-state index is 0.225. The summed E-state index contributed by atoms with van der Waals surface area (Å²) in [6.45, 7) is 4.06. The molecule has 0 heterocycles. The van der Waals surface area contributed by atoms with E-state index in [1.165, 1.54) is 141 Å². The maximum absolute atomic E-state index is 12.5. The molecule has 4 N–H and O–H groups in total. The summed E-state index contributed by atoms with van der Waals surface area (Å²) in [7, 11) is -4.70. The first-order valence-corrected chi connectivity index (χ1v) is 20.7. The van der Waals surface area contributed by atoms with Crippen molar-refractivity contribution < 1.29 is 28.8 Å². The lowest BCUT2D eigenvalue weighted by Crippen LogP contribution is -2.45. The summed E-state index contributed by atoms with van der Waals surface area (Å²) in [6, 6.07) is -0.903. The fourth-order valence-corrected chi connectivity index (χ4v) is 6.17. The third-order valence-electron chi connectivity index (χ3n) is 8.75. The van der Waals surface area contributed by atoms with E-state index >= 15 is 0 Å². The Kier molecular flexibility index (Phi) is 32.7. The van der Waals surface area contributed by atoms with E-state index < -0.39 is 26.6 Å². The van der Waals surface area contributed by atoms with Gasteiger partial charge in [0.1, 0.15) is 0 Å². The van der Waals surface area contributed by atoms with E-state index in [9.17, 15) is 14.5 Å². The van der Waals surface area contributed by atoms with Crippen LogP contribution in [0.4, 0.5) is 0 Å². The first kappa shape index (κ1) is 44.3. The molecule has 0 rings (SSSR count). The maximum atomic E-state index is 12.5. The van der Waals surface area contributed by atoms with Crippen molar-refractivity contribution in [1.29, 1.82) is 0 Å². The number of rotatable bonds is 35. The van der Waals surface area contributed by atoms with E-state index in [1.807, 2.05) is 6.08 Å². The Bertz CT molecular complexity index is 713. The standard InChI is InChI=1S/C37H74NO6P/c1-3-5-7-9-11-13-15-17-18-19-21-23-25-27-29-31-33-37(40)38-35(34-44-45(41,42)43)36(39)32-30-28-26-24-22-20-16-14-12-10-8-6-4-2/h30,32,35-36,39H,3-29,31,33-34H2,1-2H3,(H,38,40)(H2,41,42,43)/b32-30+/t35-,36+/m0/s1. The first-order chi connectivity index (χ1) is 21.8. The van der Waals surface area contributed by atoms with Crippen molar-refractivity contribution >= 4 is 13.7 Å². The molecule has 0 fully saturated rings. The van der Waals surface area contributed by atoms with E-state index in [2.05, 4.69) is 23.7 Å². The lowest BCUT2D eigenvalue weighted by atomic mass is 10.0. The molecule has 0 aliphatic heterocycles. The number of nitrogens with one attached hydrogen (secondary N) is 1. The van der Waals surface area contributed by atoms with Crippen LogP contribution in [0.15, 0.2) is 12.2 Å². The Morgan fingerprint density at radius 2 is 0.978 bits per heavy atom. The number of hydrogen-bond donors (Lipinski definition) is 4. The average Bonchev–Trinajstić information content (AvgIpc) is 3.00. The molecule has 8 heteroatoms. The summed E-state index contributed by atoms with van der Waals surface area (Å²) in [5.74, 6) is -0.225. The first-order valence-electron chi connectivity index (χ1n) is 19.1. The molecule has 7 nitrogen and oxygen atoms in total. The van der Waals surface area contributed by atoms with E-state index in [-0.39, 0.29) is 5.91 Å². The number of phosphoric ester groups is 1. The van der Waals surface area contributed by atoms with E-state index in [1.54, 1.807) is 6.08 Å². The van der Waals surface area contributed by atoms with Crippen molar-refractivity contribution in [1.82, 2.24) is 5.32 Å². The van der Waals surface area contributed by atoms with Gasteiger partial charge < -0.3 is 20.2 Å². The summed E-state index contributed by atoms with van der Waals surface area (Å²) >= 11 is 0. The predicted molar refractivity (Wildman–Crippen MR) is 190 cm³/mol. The summed E-state index contributed by atoms with van der Waals surface area (Å²) in [4.78, 5) is 30.8. The lowest BCUT2D eigenvalue weighted by molar-refractivity contribution is -0.123. The lowest BCUT2D eigenvalue weighted by Gasteiger charge is -2.22. The highest BCUT2D eigenvalue weighted by Gasteiger charge is 2.24. The number of carbonyl (C=O) groups excluding carboxylic acids is 1. The quantitative estimate of drug-likeness (QED) is 0.0306. The van der Waals surface area contributed by atoms with Gasteiger partial charge in [0.25, 0.3) is 0 Å². The van der Waals surface area contributed by atoms with Crippen LogP contribution in [0, 0.1) is 0 Å². The van der Waals surface area contributed by atoms with Crippen LogP contribution in [-0.2, 0) is 13.9 Å². The van der Waals surface area contributed by atoms with Gasteiger partial charge in [-0.1, -0.05) is 187 Å². The van der Waals surface area contributed by atoms with Gasteiger partial charge >= 0.3 is 7.82 Å². The number of allylic oxidation sites excluding steroid dienone is 1. The highest BCUT2D eigenvalue weighted by Crippen LogP contribution is 2.35. The predicted octanol–water partition coefficient (Wildman–Crippen LogP) is 10.9. The van der Waals surface area contributed by atoms with Gasteiger partial charge in [0.05, 0.1) is 18.8 Å². The molecule has 0 aromatic carbocycles. The SMILES string of the molecule is CCCCCCCCCCCCC/C=C/[C@@H](O)[C@H](COP(=O)(O)O)NC(=O)CCCCCCCCCCCCCCCCCC. The molecule has 0 saturated carbocycles. The molecule has 1 amide bonds. The minimum Gasteiger partial charge on any atom is -0.387 e. The topological polar surface area (TPSA) is 116 Å². The van der Waals surface area contributed by atoms with Gasteiger partial charge in [-0.2, -0.15) is 0 Å². The zero-order valence-corrected chi connectivity index (χ0v) is 30.4. The van der Waals surface area contributed by atoms with Crippen LogP contribution < -0.4 is 5.32 Å². The van der Waals surface area contributed by atoms with Gasteiger partial charge in [0.2, 0.25) is 5.91 Å². The number of carbonyl (C=O) groups is 1. The summed E-state index contributed by atoms with van der Waals surface area (Å²) < 4.78 is 15.9. The number of aliphatic hydroxyl groups excluding tert-OH is 1. The zero-order valence-electron chi connectivity index (χ0n) is 29.5. The van der Waals surface area contributed by atoms with Crippen LogP contribution in [0.25, 0.3) is 0 Å². The van der Waals surface area contributed by atoms with Gasteiger partial charge in [0, 0.05) is 6.42 Å². The van der Waals surface area contributed by atoms with Crippen LogP contribution in [0.2, 0.25) is 0 Å². The van der Waals surface area contributed by atoms with Crippen LogP contribution in [-0.4, -0.2) is 39.6 Å². The molecule has 45 heavy (non-hydrogen) atoms. The van der Waals surface area contributed by atoms with Gasteiger partial charge in [-0.05, 0) is 19.3 Å². The molecule has 268 valence electrons. The normalized spacial score (nSPS) is 13.4. The number of phosphoric acid groups is 1. The summed E-state index contributed by atoms with van der Waals surface area (Å²) in [5.41, 5.74) is 0. The van der Waals surface area contributed by atoms with Crippen LogP contribution in [0.1, 0.15) is 200 Å². The minimum atomic E-state index is -4.70. The number of unbranched alkanes of at least 4 members (excludes halogenated alkanes) is 26. The number of amides is 1. The van der Waals surface area contributed by atoms with Gasteiger partial charge in [-0.15, -0.1) is 0 Å². The zero-order chi connectivity index (χ0) is 33.3. The van der Waals surface area contributed by atoms with Crippen molar-refractivity contribution in [2.75, 3.05) is 6.61 Å². The van der Waals surface area contributed by atoms with Crippen molar-refractivity contribution in [3.05, 3.63) is 12.2 Å². The van der Waals surface area contributed by atoms with Crippen LogP contribution >= 0.6 is 7.82 Å². The Morgan fingerprint density at radius 1 is 0.622 bits per heavy atom. The average molecular weight is 660 g/mol. The smallest absolute Gasteiger partial charge is 0.387 e. The molecule has 0 aromatic rings.